The lowest BCUT2D eigenvalue weighted by atomic mass is 9.85. The number of likely N-dealkylation sites (tertiary alicyclic amines) is 1. The Balaban J connectivity index is 1.56. The standard InChI is InChI=1S/C37H45F3N8O7/c1-20(41-5)31(49)44-30(36(2,3)4)34(52)47-18-25-16-29(47)33(51)42-27(15-22-7-6-8-23(13-22)37(38,39)40)32(50)43-28(35(53)54)14-21-9-11-26(12-10-21)55-19-24-17-48(25)46-45-24/h6-13,17,20,25,27-30,41H,14-16,18-19H2,1-5H3,(H,42,51)(H,43,50)(H,44,49)(H,53,54). The molecule has 15 nitrogen and oxygen atoms in total. The van der Waals surface area contributed by atoms with Gasteiger partial charge in [-0.15, -0.1) is 5.10 Å². The smallest absolute Gasteiger partial charge is 0.416 e. The number of carbonyl (C=O) groups excluding carboxylic acids is 4. The highest BCUT2D eigenvalue weighted by Crippen LogP contribution is 2.32. The van der Waals surface area contributed by atoms with E-state index in [2.05, 4.69) is 31.6 Å². The Morgan fingerprint density at radius 1 is 1.05 bits per heavy atom. The minimum absolute atomic E-state index is 0.0181. The van der Waals surface area contributed by atoms with Crippen LogP contribution < -0.4 is 26.0 Å². The molecule has 0 spiro atoms. The second-order valence-electron chi connectivity index (χ2n) is 14.9. The summed E-state index contributed by atoms with van der Waals surface area (Å²) in [5, 5.41) is 29.2. The van der Waals surface area contributed by atoms with Crippen molar-refractivity contribution in [3.05, 3.63) is 77.1 Å². The number of fused-ring (bicyclic) bond motifs is 9. The molecule has 6 rings (SSSR count). The fraction of sp³-hybridized carbons (Fsp3) is 0.486. The minimum Gasteiger partial charge on any atom is -0.487 e. The molecule has 55 heavy (non-hydrogen) atoms. The van der Waals surface area contributed by atoms with Crippen molar-refractivity contribution < 1.29 is 47.0 Å². The molecule has 4 heterocycles. The van der Waals surface area contributed by atoms with E-state index in [9.17, 15) is 42.3 Å². The molecule has 3 aliphatic heterocycles. The summed E-state index contributed by atoms with van der Waals surface area (Å²) in [7, 11) is 1.59. The summed E-state index contributed by atoms with van der Waals surface area (Å²) >= 11 is 0. The molecular weight excluding hydrogens is 725 g/mol. The van der Waals surface area contributed by atoms with Gasteiger partial charge in [0.15, 0.2) is 0 Å². The number of aromatic nitrogens is 3. The van der Waals surface area contributed by atoms with Crippen LogP contribution in [-0.2, 0) is 49.6 Å². The number of aliphatic carboxylic acids is 1. The monoisotopic (exact) mass is 770 g/mol. The van der Waals surface area contributed by atoms with E-state index in [4.69, 9.17) is 4.74 Å². The van der Waals surface area contributed by atoms with Gasteiger partial charge in [-0.25, -0.2) is 9.48 Å². The molecule has 4 amide bonds. The van der Waals surface area contributed by atoms with E-state index in [0.717, 1.165) is 12.1 Å². The number of nitrogens with zero attached hydrogens (tertiary/aromatic N) is 4. The maximum absolute atomic E-state index is 14.5. The SMILES string of the molecule is CNC(C)C(=O)NC(C(=O)N1CC2CC1C(=O)NC(Cc1cccc(C(F)(F)F)c1)C(=O)NC(C(=O)O)Cc1ccc(cc1)OCc1cn2nn1)C(C)(C)C. The Morgan fingerprint density at radius 2 is 1.76 bits per heavy atom. The van der Waals surface area contributed by atoms with E-state index in [1.807, 2.05) is 0 Å². The molecule has 6 bridgehead atoms. The number of hydrogen-bond acceptors (Lipinski definition) is 9. The van der Waals surface area contributed by atoms with Gasteiger partial charge in [0.05, 0.1) is 23.8 Å². The van der Waals surface area contributed by atoms with Crippen LogP contribution >= 0.6 is 0 Å². The average molecular weight is 771 g/mol. The predicted octanol–water partition coefficient (Wildman–Crippen LogP) is 2.01. The van der Waals surface area contributed by atoms with Crippen LogP contribution in [-0.4, -0.2) is 98.4 Å². The zero-order valence-corrected chi connectivity index (χ0v) is 31.0. The van der Waals surface area contributed by atoms with Crippen molar-refractivity contribution in [2.45, 2.75) is 96.0 Å². The van der Waals surface area contributed by atoms with Crippen LogP contribution in [0.15, 0.2) is 54.7 Å². The summed E-state index contributed by atoms with van der Waals surface area (Å²) in [5.74, 6) is -3.78. The van der Waals surface area contributed by atoms with E-state index in [-0.39, 0.29) is 31.6 Å². The average Bonchev–Trinajstić information content (AvgIpc) is 3.79. The van der Waals surface area contributed by atoms with Gasteiger partial charge in [-0.1, -0.05) is 56.3 Å². The van der Waals surface area contributed by atoms with E-state index in [1.165, 1.54) is 21.7 Å². The van der Waals surface area contributed by atoms with Gasteiger partial charge in [0.25, 0.3) is 0 Å². The molecule has 2 aromatic carbocycles. The van der Waals surface area contributed by atoms with E-state index < -0.39 is 89.4 Å². The van der Waals surface area contributed by atoms with Gasteiger partial charge >= 0.3 is 12.1 Å². The van der Waals surface area contributed by atoms with Crippen molar-refractivity contribution in [3.63, 3.8) is 0 Å². The molecule has 296 valence electrons. The first kappa shape index (κ1) is 40.7. The molecule has 6 atom stereocenters. The number of amides is 4. The zero-order chi connectivity index (χ0) is 40.2. The number of carboxylic acids is 1. The number of hydrogen-bond donors (Lipinski definition) is 5. The van der Waals surface area contributed by atoms with E-state index in [1.54, 1.807) is 65.2 Å². The Kier molecular flexibility index (Phi) is 12.2. The fourth-order valence-corrected chi connectivity index (χ4v) is 6.44. The molecule has 1 aromatic heterocycles. The molecule has 5 N–H and O–H groups in total. The third-order valence-electron chi connectivity index (χ3n) is 9.71. The van der Waals surface area contributed by atoms with Crippen LogP contribution in [0.1, 0.15) is 62.5 Å². The summed E-state index contributed by atoms with van der Waals surface area (Å²) in [6.07, 6.45) is -3.71. The van der Waals surface area contributed by atoms with Gasteiger partial charge < -0.3 is 36.0 Å². The molecule has 0 radical (unpaired) electrons. The minimum atomic E-state index is -4.70. The first-order valence-corrected chi connectivity index (χ1v) is 17.7. The second kappa shape index (κ2) is 16.5. The first-order valence-electron chi connectivity index (χ1n) is 17.7. The van der Waals surface area contributed by atoms with Gasteiger partial charge in [-0.2, -0.15) is 13.2 Å². The van der Waals surface area contributed by atoms with Gasteiger partial charge in [0.1, 0.15) is 42.2 Å². The third-order valence-corrected chi connectivity index (χ3v) is 9.71. The maximum atomic E-state index is 14.5. The van der Waals surface area contributed by atoms with Gasteiger partial charge in [0, 0.05) is 25.8 Å². The Labute approximate surface area is 315 Å². The van der Waals surface area contributed by atoms with Gasteiger partial charge in [-0.3, -0.25) is 19.2 Å². The van der Waals surface area contributed by atoms with Gasteiger partial charge in [0.2, 0.25) is 23.6 Å². The van der Waals surface area contributed by atoms with Crippen LogP contribution in [0.25, 0.3) is 0 Å². The molecular formula is C37H45F3N8O7. The summed E-state index contributed by atoms with van der Waals surface area (Å²) in [4.78, 5) is 69.4. The van der Waals surface area contributed by atoms with Crippen LogP contribution in [0.5, 0.6) is 5.75 Å². The highest BCUT2D eigenvalue weighted by atomic mass is 19.4. The molecule has 0 saturated carbocycles. The van der Waals surface area contributed by atoms with Crippen LogP contribution in [0.3, 0.4) is 0 Å². The zero-order valence-electron chi connectivity index (χ0n) is 31.0. The third kappa shape index (κ3) is 9.97. The molecule has 18 heteroatoms. The quantitative estimate of drug-likeness (QED) is 0.237. The van der Waals surface area contributed by atoms with Crippen molar-refractivity contribution in [1.29, 1.82) is 0 Å². The normalized spacial score (nSPS) is 21.9. The van der Waals surface area contributed by atoms with E-state index >= 15 is 0 Å². The fourth-order valence-electron chi connectivity index (χ4n) is 6.44. The highest BCUT2D eigenvalue weighted by Gasteiger charge is 2.46. The molecule has 0 aliphatic carbocycles. The molecule has 3 aromatic rings. The molecule has 1 fully saturated rings. The Hall–Kier alpha value is -5.52. The second-order valence-corrected chi connectivity index (χ2v) is 14.9. The number of alkyl halides is 3. The highest BCUT2D eigenvalue weighted by molar-refractivity contribution is 5.96. The number of nitrogens with one attached hydrogen (secondary N) is 4. The van der Waals surface area contributed by atoms with Crippen LogP contribution in [0, 0.1) is 5.41 Å². The molecule has 3 aliphatic rings. The lowest BCUT2D eigenvalue weighted by Gasteiger charge is -2.36. The summed E-state index contributed by atoms with van der Waals surface area (Å²) in [6, 6.07) is 4.05. The number of likely N-dealkylation sites (N-methyl/N-ethyl adjacent to an activating group) is 1. The number of rotatable bonds is 7. The lowest BCUT2D eigenvalue weighted by Crippen LogP contribution is -2.60. The van der Waals surface area contributed by atoms with Crippen molar-refractivity contribution in [2.24, 2.45) is 5.41 Å². The molecule has 1 saturated heterocycles. The van der Waals surface area contributed by atoms with Crippen molar-refractivity contribution in [2.75, 3.05) is 13.6 Å². The maximum Gasteiger partial charge on any atom is 0.416 e. The van der Waals surface area contributed by atoms with Crippen molar-refractivity contribution in [1.82, 2.24) is 41.2 Å². The van der Waals surface area contributed by atoms with Crippen molar-refractivity contribution >= 4 is 29.6 Å². The topological polar surface area (TPSA) is 197 Å². The summed E-state index contributed by atoms with van der Waals surface area (Å²) in [6.45, 7) is 6.84. The van der Waals surface area contributed by atoms with Crippen molar-refractivity contribution in [3.8, 4) is 5.75 Å². The largest absolute Gasteiger partial charge is 0.487 e. The van der Waals surface area contributed by atoms with Gasteiger partial charge in [-0.05, 0) is 48.7 Å². The Morgan fingerprint density at radius 3 is 2.40 bits per heavy atom. The number of carboxylic acid groups (broad SMARTS) is 1. The lowest BCUT2D eigenvalue weighted by molar-refractivity contribution is -0.145. The first-order chi connectivity index (χ1) is 25.8. The number of halogens is 3. The van der Waals surface area contributed by atoms with E-state index in [0.29, 0.717) is 17.0 Å². The Bertz CT molecular complexity index is 1900. The van der Waals surface area contributed by atoms with Crippen LogP contribution in [0.4, 0.5) is 13.2 Å². The number of carbonyl (C=O) groups is 5. The summed E-state index contributed by atoms with van der Waals surface area (Å²) < 4.78 is 48.3. The summed E-state index contributed by atoms with van der Waals surface area (Å²) in [5.41, 5.74) is -0.807. The predicted molar refractivity (Wildman–Crippen MR) is 190 cm³/mol. The van der Waals surface area contributed by atoms with Crippen LogP contribution in [0.2, 0.25) is 0 Å². The number of ether oxygens (including phenoxy) is 1. The molecule has 6 unspecified atom stereocenters. The number of benzene rings is 2.